The van der Waals surface area contributed by atoms with Crippen LogP contribution in [-0.4, -0.2) is 19.1 Å². The molecular weight excluding hydrogens is 885 g/mol. The lowest BCUT2D eigenvalue weighted by Gasteiger charge is -2.30. The van der Waals surface area contributed by atoms with Crippen molar-refractivity contribution in [2.24, 2.45) is 0 Å². The molecule has 3 heterocycles. The molecule has 0 saturated heterocycles. The van der Waals surface area contributed by atoms with Gasteiger partial charge in [-0.3, -0.25) is 4.57 Å². The fourth-order valence-electron chi connectivity index (χ4n) is 13.3. The summed E-state index contributed by atoms with van der Waals surface area (Å²) >= 11 is 0. The molecule has 1 atom stereocenters. The summed E-state index contributed by atoms with van der Waals surface area (Å²) in [6, 6.07) is 86.9. The van der Waals surface area contributed by atoms with E-state index in [1.54, 1.807) is 0 Å². The van der Waals surface area contributed by atoms with Gasteiger partial charge >= 0.3 is 0 Å². The zero-order valence-electron chi connectivity index (χ0n) is 39.7. The minimum atomic E-state index is -0.480. The lowest BCUT2D eigenvalue weighted by Crippen LogP contribution is -2.25. The Hall–Kier alpha value is -9.38. The number of allylic oxidation sites excluding steroid dienone is 4. The first-order valence-electron chi connectivity index (χ1n) is 25.4. The topological polar surface area (TPSA) is 35.6 Å². The lowest BCUT2D eigenvalue weighted by molar-refractivity contribution is 0.794. The van der Waals surface area contributed by atoms with Crippen LogP contribution < -0.4 is 0 Å². The van der Waals surface area contributed by atoms with Gasteiger partial charge in [-0.2, -0.15) is 0 Å². The van der Waals surface area contributed by atoms with Crippen LogP contribution in [0, 0.1) is 0 Å². The summed E-state index contributed by atoms with van der Waals surface area (Å²) in [6.45, 7) is 0. The second-order valence-corrected chi connectivity index (χ2v) is 19.9. The van der Waals surface area contributed by atoms with E-state index in [-0.39, 0.29) is 5.92 Å². The molecule has 3 aromatic heterocycles. The number of nitrogens with zero attached hydrogens (tertiary/aromatic N) is 4. The summed E-state index contributed by atoms with van der Waals surface area (Å²) in [5, 5.41) is 6.08. The smallest absolute Gasteiger partial charge is 0.145 e. The Balaban J connectivity index is 0.961. The molecule has 0 saturated carbocycles. The Morgan fingerprint density at radius 2 is 0.973 bits per heavy atom. The van der Waals surface area contributed by atoms with Crippen LogP contribution in [0.15, 0.2) is 249 Å². The van der Waals surface area contributed by atoms with Gasteiger partial charge in [-0.1, -0.05) is 200 Å². The van der Waals surface area contributed by atoms with Crippen molar-refractivity contribution in [3.05, 3.63) is 282 Å². The van der Waals surface area contributed by atoms with Crippen molar-refractivity contribution >= 4 is 65.8 Å². The normalized spacial score (nSPS) is 15.2. The van der Waals surface area contributed by atoms with Crippen molar-refractivity contribution in [1.29, 1.82) is 0 Å². The Bertz CT molecular complexity index is 4430. The minimum absolute atomic E-state index is 0.0318. The van der Waals surface area contributed by atoms with Crippen LogP contribution in [0.4, 0.5) is 0 Å². The standard InChI is InChI=1S/C69H44N4/c1-2-18-44(19-3-1)68-71-61-30-14-17-33-64(61)73(68)47-36-34-43(35-37-47)45-40-46(42-48(41-45)72-62-31-15-8-23-52(62)53-24-9-16-32-63(53)72)67-66-54(51-22-7-13-29-60(51)70-67)38-39-59-65(66)55-25-6-12-28-58(55)69(59)56-26-10-4-20-49(56)50-21-5-11-27-57(50)69/h1-40,42,45H,41H2. The summed E-state index contributed by atoms with van der Waals surface area (Å²) in [5.41, 5.74) is 22.2. The number of aromatic nitrogens is 4. The molecule has 0 N–H and O–H groups in total. The van der Waals surface area contributed by atoms with Crippen molar-refractivity contribution in [2.75, 3.05) is 0 Å². The molecule has 1 unspecified atom stereocenters. The number of benzene rings is 10. The van der Waals surface area contributed by atoms with E-state index in [0.717, 1.165) is 56.7 Å². The first kappa shape index (κ1) is 40.4. The molecule has 0 aliphatic heterocycles. The van der Waals surface area contributed by atoms with Gasteiger partial charge in [0.2, 0.25) is 0 Å². The molecule has 1 spiro atoms. The molecule has 3 aliphatic carbocycles. The molecule has 0 fully saturated rings. The molecular formula is C69H44N4. The quantitative estimate of drug-likeness (QED) is 0.161. The Kier molecular flexibility index (Phi) is 8.46. The van der Waals surface area contributed by atoms with Crippen LogP contribution >= 0.6 is 0 Å². The van der Waals surface area contributed by atoms with Crippen molar-refractivity contribution in [2.45, 2.75) is 17.8 Å². The zero-order valence-corrected chi connectivity index (χ0v) is 39.7. The maximum Gasteiger partial charge on any atom is 0.145 e. The molecule has 0 radical (unpaired) electrons. The van der Waals surface area contributed by atoms with Gasteiger partial charge in [-0.15, -0.1) is 0 Å². The second kappa shape index (κ2) is 15.3. The third-order valence-electron chi connectivity index (χ3n) is 16.3. The predicted octanol–water partition coefficient (Wildman–Crippen LogP) is 17.0. The lowest BCUT2D eigenvalue weighted by atomic mass is 9.70. The first-order chi connectivity index (χ1) is 36.2. The van der Waals surface area contributed by atoms with Gasteiger partial charge in [-0.05, 0) is 116 Å². The molecule has 0 amide bonds. The highest BCUT2D eigenvalue weighted by molar-refractivity contribution is 6.18. The van der Waals surface area contributed by atoms with E-state index in [2.05, 4.69) is 258 Å². The molecule has 4 nitrogen and oxygen atoms in total. The van der Waals surface area contributed by atoms with Crippen LogP contribution in [0.25, 0.3) is 105 Å². The Morgan fingerprint density at radius 3 is 1.67 bits per heavy atom. The fraction of sp³-hybridized carbons (Fsp3) is 0.0435. The molecule has 73 heavy (non-hydrogen) atoms. The average molecular weight is 929 g/mol. The third kappa shape index (κ3) is 5.61. The largest absolute Gasteiger partial charge is 0.313 e. The SMILES string of the molecule is C1=C(c2nc3ccccc3c3ccc4c(c23)-c2ccccc2C42c3ccccc3-c3ccccc32)C=C(n2c3ccccc3c3ccccc32)CC1c1ccc(-n2c(-c3ccccc3)nc3ccccc32)cc1. The van der Waals surface area contributed by atoms with Crippen LogP contribution in [-0.2, 0) is 5.41 Å². The number of rotatable bonds is 5. The van der Waals surface area contributed by atoms with E-state index >= 15 is 0 Å². The van der Waals surface area contributed by atoms with E-state index in [1.165, 1.54) is 88.3 Å². The third-order valence-corrected chi connectivity index (χ3v) is 16.3. The molecule has 10 aromatic carbocycles. The van der Waals surface area contributed by atoms with Gasteiger partial charge < -0.3 is 4.57 Å². The number of para-hydroxylation sites is 5. The number of hydrogen-bond donors (Lipinski definition) is 0. The van der Waals surface area contributed by atoms with Crippen LogP contribution in [0.2, 0.25) is 0 Å². The van der Waals surface area contributed by atoms with E-state index in [4.69, 9.17) is 9.97 Å². The average Bonchev–Trinajstić information content (AvgIpc) is 4.27. The van der Waals surface area contributed by atoms with Gasteiger partial charge in [0.05, 0.1) is 38.7 Å². The monoisotopic (exact) mass is 928 g/mol. The second-order valence-electron chi connectivity index (χ2n) is 19.9. The molecule has 0 bridgehead atoms. The summed E-state index contributed by atoms with van der Waals surface area (Å²) in [7, 11) is 0. The van der Waals surface area contributed by atoms with Gasteiger partial charge in [0.1, 0.15) is 5.82 Å². The number of pyridine rings is 1. The minimum Gasteiger partial charge on any atom is -0.313 e. The van der Waals surface area contributed by atoms with E-state index in [0.29, 0.717) is 0 Å². The highest BCUT2D eigenvalue weighted by Gasteiger charge is 2.52. The van der Waals surface area contributed by atoms with Crippen molar-refractivity contribution < 1.29 is 0 Å². The van der Waals surface area contributed by atoms with E-state index in [1.807, 2.05) is 0 Å². The van der Waals surface area contributed by atoms with Crippen LogP contribution in [0.1, 0.15) is 45.8 Å². The van der Waals surface area contributed by atoms with Crippen molar-refractivity contribution in [3.63, 3.8) is 0 Å². The molecule has 340 valence electrons. The zero-order chi connectivity index (χ0) is 47.8. The number of imidazole rings is 1. The van der Waals surface area contributed by atoms with Crippen molar-refractivity contribution in [1.82, 2.24) is 19.1 Å². The molecule has 13 aromatic rings. The van der Waals surface area contributed by atoms with Gasteiger partial charge in [-0.25, -0.2) is 9.97 Å². The molecule has 4 heteroatoms. The summed E-state index contributed by atoms with van der Waals surface area (Å²) in [4.78, 5) is 11.0. The van der Waals surface area contributed by atoms with E-state index in [9.17, 15) is 0 Å². The van der Waals surface area contributed by atoms with Gasteiger partial charge in [0.25, 0.3) is 0 Å². The van der Waals surface area contributed by atoms with Gasteiger partial charge in [0.15, 0.2) is 0 Å². The van der Waals surface area contributed by atoms with Crippen LogP contribution in [0.3, 0.4) is 0 Å². The maximum atomic E-state index is 5.83. The summed E-state index contributed by atoms with van der Waals surface area (Å²) in [5.74, 6) is 0.963. The van der Waals surface area contributed by atoms with Crippen LogP contribution in [0.5, 0.6) is 0 Å². The maximum absolute atomic E-state index is 5.83. The molecule has 3 aliphatic rings. The van der Waals surface area contributed by atoms with E-state index < -0.39 is 5.41 Å². The fourth-order valence-corrected chi connectivity index (χ4v) is 13.3. The van der Waals surface area contributed by atoms with Gasteiger partial charge in [0, 0.05) is 44.4 Å². The molecule has 16 rings (SSSR count). The number of fused-ring (bicyclic) bond motifs is 18. The van der Waals surface area contributed by atoms with Crippen molar-refractivity contribution in [3.8, 4) is 39.3 Å². The Morgan fingerprint density at radius 1 is 0.411 bits per heavy atom. The Labute approximate surface area is 422 Å². The predicted molar refractivity (Wildman–Crippen MR) is 301 cm³/mol. The highest BCUT2D eigenvalue weighted by Crippen LogP contribution is 2.64. The summed E-state index contributed by atoms with van der Waals surface area (Å²) in [6.07, 6.45) is 5.78. The highest BCUT2D eigenvalue weighted by atomic mass is 15.1. The summed E-state index contributed by atoms with van der Waals surface area (Å²) < 4.78 is 4.82. The first-order valence-corrected chi connectivity index (χ1v) is 25.4. The number of hydrogen-bond acceptors (Lipinski definition) is 2.